The number of aliphatic hydroxyl groups is 1. The fourth-order valence-corrected chi connectivity index (χ4v) is 2.98. The Morgan fingerprint density at radius 2 is 1.97 bits per heavy atom. The van der Waals surface area contributed by atoms with Crippen molar-refractivity contribution < 1.29 is 27.8 Å². The molecule has 0 aliphatic heterocycles. The molecule has 1 aromatic heterocycles. The molecule has 0 aliphatic rings. The van der Waals surface area contributed by atoms with Crippen LogP contribution in [0.4, 0.5) is 13.2 Å². The summed E-state index contributed by atoms with van der Waals surface area (Å²) >= 11 is 5.99. The molecule has 1 heterocycles. The number of alkyl halides is 3. The molecule has 158 valence electrons. The SMILES string of the molecule is Cc1c(C(=O)NCC(O)c2ccc(OC(F)(F)F)cc2)cnn1-c1cccc(Cl)c1. The van der Waals surface area contributed by atoms with E-state index >= 15 is 0 Å². The third-order valence-corrected chi connectivity index (χ3v) is 4.50. The summed E-state index contributed by atoms with van der Waals surface area (Å²) in [4.78, 5) is 12.5. The van der Waals surface area contributed by atoms with E-state index in [1.165, 1.54) is 18.3 Å². The molecular formula is C20H17ClF3N3O3. The van der Waals surface area contributed by atoms with Crippen molar-refractivity contribution in [3.05, 3.63) is 76.6 Å². The zero-order chi connectivity index (χ0) is 21.9. The molecule has 1 amide bonds. The van der Waals surface area contributed by atoms with Crippen LogP contribution < -0.4 is 10.1 Å². The highest BCUT2D eigenvalue weighted by molar-refractivity contribution is 6.30. The minimum absolute atomic E-state index is 0.139. The van der Waals surface area contributed by atoms with Gasteiger partial charge in [0.25, 0.3) is 5.91 Å². The van der Waals surface area contributed by atoms with Gasteiger partial charge in [-0.05, 0) is 42.8 Å². The quantitative estimate of drug-likeness (QED) is 0.603. The summed E-state index contributed by atoms with van der Waals surface area (Å²) in [5.74, 6) is -0.844. The predicted octanol–water partition coefficient (Wildman–Crippen LogP) is 4.20. The number of halogens is 4. The molecule has 0 fully saturated rings. The molecule has 1 unspecified atom stereocenters. The van der Waals surface area contributed by atoms with Crippen molar-refractivity contribution in [3.63, 3.8) is 0 Å². The van der Waals surface area contributed by atoms with Crippen molar-refractivity contribution in [2.75, 3.05) is 6.54 Å². The second kappa shape index (κ2) is 8.76. The van der Waals surface area contributed by atoms with Crippen LogP contribution in [-0.2, 0) is 0 Å². The van der Waals surface area contributed by atoms with Crippen molar-refractivity contribution in [1.29, 1.82) is 0 Å². The van der Waals surface area contributed by atoms with Crippen LogP contribution in [0, 0.1) is 6.92 Å². The van der Waals surface area contributed by atoms with E-state index in [2.05, 4.69) is 15.2 Å². The van der Waals surface area contributed by atoms with Crippen LogP contribution in [-0.4, -0.2) is 33.7 Å². The third-order valence-electron chi connectivity index (χ3n) is 4.26. The van der Waals surface area contributed by atoms with Crippen LogP contribution in [0.25, 0.3) is 5.69 Å². The summed E-state index contributed by atoms with van der Waals surface area (Å²) in [6.45, 7) is 1.58. The lowest BCUT2D eigenvalue weighted by Gasteiger charge is -2.14. The monoisotopic (exact) mass is 439 g/mol. The average molecular weight is 440 g/mol. The van der Waals surface area contributed by atoms with Crippen LogP contribution >= 0.6 is 11.6 Å². The smallest absolute Gasteiger partial charge is 0.406 e. The first-order valence-electron chi connectivity index (χ1n) is 8.76. The summed E-state index contributed by atoms with van der Waals surface area (Å²) in [5.41, 5.74) is 1.92. The molecule has 30 heavy (non-hydrogen) atoms. The maximum atomic E-state index is 12.5. The van der Waals surface area contributed by atoms with Crippen molar-refractivity contribution in [1.82, 2.24) is 15.1 Å². The molecule has 0 spiro atoms. The van der Waals surface area contributed by atoms with Crippen LogP contribution in [0.3, 0.4) is 0 Å². The molecule has 2 N–H and O–H groups in total. The van der Waals surface area contributed by atoms with Gasteiger partial charge in [0.05, 0.1) is 29.2 Å². The lowest BCUT2D eigenvalue weighted by atomic mass is 10.1. The van der Waals surface area contributed by atoms with Gasteiger partial charge in [0.1, 0.15) is 5.75 Å². The molecule has 0 saturated carbocycles. The standard InChI is InChI=1S/C20H17ClF3N3O3/c1-12-17(10-26-27(12)15-4-2-3-14(21)9-15)19(29)25-11-18(28)13-5-7-16(8-6-13)30-20(22,23)24/h2-10,18,28H,11H2,1H3,(H,25,29). The van der Waals surface area contributed by atoms with Gasteiger partial charge in [0.15, 0.2) is 0 Å². The summed E-state index contributed by atoms with van der Waals surface area (Å²) in [7, 11) is 0. The highest BCUT2D eigenvalue weighted by Crippen LogP contribution is 2.24. The van der Waals surface area contributed by atoms with Gasteiger partial charge in [0.2, 0.25) is 0 Å². The molecule has 0 radical (unpaired) electrons. The molecule has 1 atom stereocenters. The summed E-state index contributed by atoms with van der Waals surface area (Å²) < 4.78 is 42.0. The van der Waals surface area contributed by atoms with Crippen molar-refractivity contribution in [2.24, 2.45) is 0 Å². The molecule has 10 heteroatoms. The zero-order valence-electron chi connectivity index (χ0n) is 15.7. The van der Waals surface area contributed by atoms with Crippen molar-refractivity contribution in [3.8, 4) is 11.4 Å². The minimum Gasteiger partial charge on any atom is -0.406 e. The Hall–Kier alpha value is -3.04. The van der Waals surface area contributed by atoms with E-state index in [0.29, 0.717) is 27.5 Å². The second-order valence-corrected chi connectivity index (χ2v) is 6.81. The summed E-state index contributed by atoms with van der Waals surface area (Å²) in [5, 5.41) is 17.5. The highest BCUT2D eigenvalue weighted by Gasteiger charge is 2.31. The molecular weight excluding hydrogens is 423 g/mol. The fraction of sp³-hybridized carbons (Fsp3) is 0.200. The lowest BCUT2D eigenvalue weighted by Crippen LogP contribution is -2.28. The third kappa shape index (κ3) is 5.31. The Bertz CT molecular complexity index is 1040. The molecule has 3 aromatic rings. The number of nitrogens with one attached hydrogen (secondary N) is 1. The lowest BCUT2D eigenvalue weighted by molar-refractivity contribution is -0.274. The van der Waals surface area contributed by atoms with E-state index in [4.69, 9.17) is 11.6 Å². The van der Waals surface area contributed by atoms with Gasteiger partial charge >= 0.3 is 6.36 Å². The molecule has 3 rings (SSSR count). The summed E-state index contributed by atoms with van der Waals surface area (Å²) in [6, 6.07) is 11.8. The van der Waals surface area contributed by atoms with Gasteiger partial charge in [-0.1, -0.05) is 29.8 Å². The number of ether oxygens (including phenoxy) is 1. The Morgan fingerprint density at radius 1 is 1.27 bits per heavy atom. The van der Waals surface area contributed by atoms with Crippen LogP contribution in [0.5, 0.6) is 5.75 Å². The van der Waals surface area contributed by atoms with Gasteiger partial charge in [-0.2, -0.15) is 5.10 Å². The zero-order valence-corrected chi connectivity index (χ0v) is 16.4. The number of aromatic nitrogens is 2. The first kappa shape index (κ1) is 21.7. The Labute approximate surface area is 174 Å². The maximum Gasteiger partial charge on any atom is 0.573 e. The van der Waals surface area contributed by atoms with Crippen molar-refractivity contribution >= 4 is 17.5 Å². The van der Waals surface area contributed by atoms with Crippen LogP contribution in [0.2, 0.25) is 5.02 Å². The largest absolute Gasteiger partial charge is 0.573 e. The highest BCUT2D eigenvalue weighted by atomic mass is 35.5. The molecule has 6 nitrogen and oxygen atoms in total. The number of carbonyl (C=O) groups excluding carboxylic acids is 1. The molecule has 2 aromatic carbocycles. The topological polar surface area (TPSA) is 76.4 Å². The van der Waals surface area contributed by atoms with E-state index in [0.717, 1.165) is 12.1 Å². The Morgan fingerprint density at radius 3 is 2.60 bits per heavy atom. The normalized spacial score (nSPS) is 12.5. The molecule has 0 aliphatic carbocycles. The maximum absolute atomic E-state index is 12.5. The van der Waals surface area contributed by atoms with Crippen LogP contribution in [0.1, 0.15) is 27.7 Å². The number of aliphatic hydroxyl groups excluding tert-OH is 1. The number of hydrogen-bond donors (Lipinski definition) is 2. The first-order valence-corrected chi connectivity index (χ1v) is 9.14. The van der Waals surface area contributed by atoms with Crippen LogP contribution in [0.15, 0.2) is 54.7 Å². The van der Waals surface area contributed by atoms with E-state index in [9.17, 15) is 23.1 Å². The molecule has 0 saturated heterocycles. The van der Waals surface area contributed by atoms with Gasteiger partial charge in [-0.3, -0.25) is 4.79 Å². The van der Waals surface area contributed by atoms with E-state index in [1.54, 1.807) is 35.9 Å². The van der Waals surface area contributed by atoms with Gasteiger partial charge in [-0.25, -0.2) is 4.68 Å². The van der Waals surface area contributed by atoms with Gasteiger partial charge in [0, 0.05) is 11.6 Å². The van der Waals surface area contributed by atoms with Gasteiger partial charge in [-0.15, -0.1) is 13.2 Å². The predicted molar refractivity (Wildman–Crippen MR) is 104 cm³/mol. The number of benzene rings is 2. The number of amides is 1. The Balaban J connectivity index is 1.63. The minimum atomic E-state index is -4.79. The van der Waals surface area contributed by atoms with Gasteiger partial charge < -0.3 is 15.2 Å². The number of hydrogen-bond acceptors (Lipinski definition) is 4. The first-order chi connectivity index (χ1) is 14.1. The van der Waals surface area contributed by atoms with E-state index in [1.807, 2.05) is 0 Å². The average Bonchev–Trinajstić information content (AvgIpc) is 3.06. The summed E-state index contributed by atoms with van der Waals surface area (Å²) in [6.07, 6.45) is -4.50. The van der Waals surface area contributed by atoms with E-state index < -0.39 is 24.1 Å². The van der Waals surface area contributed by atoms with Crippen molar-refractivity contribution in [2.45, 2.75) is 19.4 Å². The molecule has 0 bridgehead atoms. The number of rotatable bonds is 6. The Kier molecular flexibility index (Phi) is 6.33. The second-order valence-electron chi connectivity index (χ2n) is 6.38. The number of nitrogens with zero attached hydrogens (tertiary/aromatic N) is 2. The fourth-order valence-electron chi connectivity index (χ4n) is 2.79. The number of carbonyl (C=O) groups is 1. The van der Waals surface area contributed by atoms with E-state index in [-0.39, 0.29) is 6.54 Å².